The van der Waals surface area contributed by atoms with E-state index in [-0.39, 0.29) is 6.29 Å². The van der Waals surface area contributed by atoms with Crippen LogP contribution in [0.5, 0.6) is 5.75 Å². The van der Waals surface area contributed by atoms with Crippen LogP contribution in [0.2, 0.25) is 0 Å². The third-order valence-corrected chi connectivity index (χ3v) is 2.00. The zero-order valence-corrected chi connectivity index (χ0v) is 9.22. The van der Waals surface area contributed by atoms with Gasteiger partial charge in [-0.2, -0.15) is 0 Å². The molecule has 0 aliphatic carbocycles. The van der Waals surface area contributed by atoms with Gasteiger partial charge in [-0.15, -0.1) is 0 Å². The Balaban J connectivity index is 2.47. The quantitative estimate of drug-likeness (QED) is 0.733. The highest BCUT2D eigenvalue weighted by Crippen LogP contribution is 2.14. The molecule has 84 valence electrons. The van der Waals surface area contributed by atoms with Crippen LogP contribution < -0.4 is 4.74 Å². The Bertz CT molecular complexity index is 261. The van der Waals surface area contributed by atoms with Crippen LogP contribution in [0.3, 0.4) is 0 Å². The number of aliphatic hydroxyl groups excluding tert-OH is 1. The normalized spacial score (nSPS) is 14.6. The van der Waals surface area contributed by atoms with Gasteiger partial charge in [0.25, 0.3) is 0 Å². The summed E-state index contributed by atoms with van der Waals surface area (Å²) in [5.41, 5.74) is 0. The second-order valence-corrected chi connectivity index (χ2v) is 3.27. The first-order valence-electron chi connectivity index (χ1n) is 5.31. The second kappa shape index (κ2) is 6.43. The van der Waals surface area contributed by atoms with E-state index < -0.39 is 6.29 Å². The molecule has 0 spiro atoms. The van der Waals surface area contributed by atoms with Crippen molar-refractivity contribution < 1.29 is 14.6 Å². The maximum Gasteiger partial charge on any atom is 0.202 e. The SMILES string of the molecule is CCC(O)OC(CC)Oc1ccccc1. The van der Waals surface area contributed by atoms with Crippen LogP contribution in [0.4, 0.5) is 0 Å². The Morgan fingerprint density at radius 2 is 1.80 bits per heavy atom. The Kier molecular flexibility index (Phi) is 5.15. The van der Waals surface area contributed by atoms with Crippen molar-refractivity contribution >= 4 is 0 Å². The molecule has 1 N–H and O–H groups in total. The summed E-state index contributed by atoms with van der Waals surface area (Å²) in [5, 5.41) is 9.34. The van der Waals surface area contributed by atoms with E-state index in [0.29, 0.717) is 12.8 Å². The van der Waals surface area contributed by atoms with E-state index >= 15 is 0 Å². The Morgan fingerprint density at radius 1 is 1.13 bits per heavy atom. The van der Waals surface area contributed by atoms with Gasteiger partial charge in [0.05, 0.1) is 0 Å². The minimum Gasteiger partial charge on any atom is -0.465 e. The van der Waals surface area contributed by atoms with Crippen LogP contribution in [0.15, 0.2) is 30.3 Å². The summed E-state index contributed by atoms with van der Waals surface area (Å²) in [6.07, 6.45) is 0.127. The number of hydrogen-bond acceptors (Lipinski definition) is 3. The van der Waals surface area contributed by atoms with Crippen LogP contribution in [0, 0.1) is 0 Å². The summed E-state index contributed by atoms with van der Waals surface area (Å²) in [7, 11) is 0. The maximum absolute atomic E-state index is 9.34. The topological polar surface area (TPSA) is 38.7 Å². The van der Waals surface area contributed by atoms with Crippen LogP contribution in [0.25, 0.3) is 0 Å². The number of hydrogen-bond donors (Lipinski definition) is 1. The van der Waals surface area contributed by atoms with Crippen LogP contribution in [-0.4, -0.2) is 17.7 Å². The van der Waals surface area contributed by atoms with Gasteiger partial charge in [-0.3, -0.25) is 0 Å². The molecular formula is C12H18O3. The van der Waals surface area contributed by atoms with E-state index in [2.05, 4.69) is 0 Å². The standard InChI is InChI=1S/C12H18O3/c1-3-11(13)15-12(4-2)14-10-8-6-5-7-9-10/h5-9,11-13H,3-4H2,1-2H3. The Hall–Kier alpha value is -1.06. The van der Waals surface area contributed by atoms with Gasteiger partial charge in [0, 0.05) is 6.42 Å². The molecule has 3 nitrogen and oxygen atoms in total. The molecule has 0 bridgehead atoms. The summed E-state index contributed by atoms with van der Waals surface area (Å²) in [4.78, 5) is 0. The van der Waals surface area contributed by atoms with Crippen molar-refractivity contribution in [2.24, 2.45) is 0 Å². The van der Waals surface area contributed by atoms with E-state index in [1.165, 1.54) is 0 Å². The highest BCUT2D eigenvalue weighted by molar-refractivity contribution is 5.20. The van der Waals surface area contributed by atoms with E-state index in [4.69, 9.17) is 9.47 Å². The third-order valence-electron chi connectivity index (χ3n) is 2.00. The number of rotatable bonds is 6. The zero-order valence-electron chi connectivity index (χ0n) is 9.22. The number of ether oxygens (including phenoxy) is 2. The molecule has 0 aliphatic heterocycles. The lowest BCUT2D eigenvalue weighted by atomic mass is 10.3. The van der Waals surface area contributed by atoms with Crippen LogP contribution in [-0.2, 0) is 4.74 Å². The first-order chi connectivity index (χ1) is 7.26. The van der Waals surface area contributed by atoms with Crippen molar-refractivity contribution in [2.75, 3.05) is 0 Å². The molecule has 1 aromatic carbocycles. The number of para-hydroxylation sites is 1. The maximum atomic E-state index is 9.34. The predicted octanol–water partition coefficient (Wildman–Crippen LogP) is 2.55. The zero-order chi connectivity index (χ0) is 11.1. The fraction of sp³-hybridized carbons (Fsp3) is 0.500. The van der Waals surface area contributed by atoms with E-state index in [9.17, 15) is 5.11 Å². The van der Waals surface area contributed by atoms with E-state index in [1.807, 2.05) is 44.2 Å². The van der Waals surface area contributed by atoms with Crippen molar-refractivity contribution in [1.29, 1.82) is 0 Å². The lowest BCUT2D eigenvalue weighted by Crippen LogP contribution is -2.25. The lowest BCUT2D eigenvalue weighted by molar-refractivity contribution is -0.197. The summed E-state index contributed by atoms with van der Waals surface area (Å²) < 4.78 is 10.8. The second-order valence-electron chi connectivity index (χ2n) is 3.27. The summed E-state index contributed by atoms with van der Waals surface area (Å²) in [6, 6.07) is 9.46. The van der Waals surface area contributed by atoms with Gasteiger partial charge in [0.15, 0.2) is 6.29 Å². The van der Waals surface area contributed by atoms with Crippen LogP contribution in [0.1, 0.15) is 26.7 Å². The van der Waals surface area contributed by atoms with Crippen LogP contribution >= 0.6 is 0 Å². The molecule has 0 radical (unpaired) electrons. The molecule has 0 aromatic heterocycles. The molecular weight excluding hydrogens is 192 g/mol. The van der Waals surface area contributed by atoms with Crippen molar-refractivity contribution in [1.82, 2.24) is 0 Å². The van der Waals surface area contributed by atoms with Gasteiger partial charge in [-0.05, 0) is 18.6 Å². The first-order valence-corrected chi connectivity index (χ1v) is 5.31. The average molecular weight is 210 g/mol. The van der Waals surface area contributed by atoms with Gasteiger partial charge in [-0.25, -0.2) is 0 Å². The number of aliphatic hydroxyl groups is 1. The summed E-state index contributed by atoms with van der Waals surface area (Å²) in [5.74, 6) is 0.757. The fourth-order valence-electron chi connectivity index (χ4n) is 1.13. The van der Waals surface area contributed by atoms with E-state index in [0.717, 1.165) is 5.75 Å². The molecule has 1 aromatic rings. The van der Waals surface area contributed by atoms with E-state index in [1.54, 1.807) is 0 Å². The molecule has 0 saturated heterocycles. The monoisotopic (exact) mass is 210 g/mol. The molecule has 15 heavy (non-hydrogen) atoms. The smallest absolute Gasteiger partial charge is 0.202 e. The minimum atomic E-state index is -0.751. The lowest BCUT2D eigenvalue weighted by Gasteiger charge is -2.20. The summed E-state index contributed by atoms with van der Waals surface area (Å²) >= 11 is 0. The van der Waals surface area contributed by atoms with Gasteiger partial charge in [0.2, 0.25) is 6.29 Å². The van der Waals surface area contributed by atoms with Gasteiger partial charge >= 0.3 is 0 Å². The molecule has 2 unspecified atom stereocenters. The van der Waals surface area contributed by atoms with Crippen molar-refractivity contribution in [3.8, 4) is 5.75 Å². The number of benzene rings is 1. The Morgan fingerprint density at radius 3 is 2.33 bits per heavy atom. The van der Waals surface area contributed by atoms with Gasteiger partial charge in [-0.1, -0.05) is 32.0 Å². The first kappa shape index (κ1) is 12.0. The highest BCUT2D eigenvalue weighted by Gasteiger charge is 2.12. The predicted molar refractivity (Wildman–Crippen MR) is 58.5 cm³/mol. The van der Waals surface area contributed by atoms with Gasteiger partial charge in [0.1, 0.15) is 5.75 Å². The molecule has 1 rings (SSSR count). The third kappa shape index (κ3) is 4.32. The highest BCUT2D eigenvalue weighted by atomic mass is 16.7. The van der Waals surface area contributed by atoms with Crippen molar-refractivity contribution in [3.63, 3.8) is 0 Å². The average Bonchev–Trinajstić information content (AvgIpc) is 2.29. The molecule has 0 saturated carbocycles. The van der Waals surface area contributed by atoms with Crippen molar-refractivity contribution in [3.05, 3.63) is 30.3 Å². The molecule has 0 aliphatic rings. The van der Waals surface area contributed by atoms with Crippen molar-refractivity contribution in [2.45, 2.75) is 39.3 Å². The fourth-order valence-corrected chi connectivity index (χ4v) is 1.13. The minimum absolute atomic E-state index is 0.387. The molecule has 0 amide bonds. The molecule has 3 heteroatoms. The largest absolute Gasteiger partial charge is 0.465 e. The Labute approximate surface area is 90.6 Å². The molecule has 0 heterocycles. The van der Waals surface area contributed by atoms with Gasteiger partial charge < -0.3 is 14.6 Å². The molecule has 2 atom stereocenters. The summed E-state index contributed by atoms with van der Waals surface area (Å²) in [6.45, 7) is 3.82. The molecule has 0 fully saturated rings.